The molecule has 0 spiro atoms. The predicted octanol–water partition coefficient (Wildman–Crippen LogP) is 6.71. The highest BCUT2D eigenvalue weighted by molar-refractivity contribution is 5.86. The lowest BCUT2D eigenvalue weighted by Gasteiger charge is -2.45. The van der Waals surface area contributed by atoms with Crippen LogP contribution in [0.4, 0.5) is 0 Å². The fourth-order valence-electron chi connectivity index (χ4n) is 8.53. The lowest BCUT2D eigenvalue weighted by molar-refractivity contribution is -0.147. The fourth-order valence-corrected chi connectivity index (χ4v) is 8.53. The van der Waals surface area contributed by atoms with Gasteiger partial charge in [-0.1, -0.05) is 38.5 Å². The third kappa shape index (κ3) is 3.96. The van der Waals surface area contributed by atoms with Crippen LogP contribution in [0.25, 0.3) is 0 Å². The van der Waals surface area contributed by atoms with Gasteiger partial charge in [-0.3, -0.25) is 4.79 Å². The van der Waals surface area contributed by atoms with Crippen molar-refractivity contribution in [3.05, 3.63) is 0 Å². The summed E-state index contributed by atoms with van der Waals surface area (Å²) in [6, 6.07) is 0. The van der Waals surface area contributed by atoms with Crippen LogP contribution in [-0.2, 0) is 9.53 Å². The van der Waals surface area contributed by atoms with Crippen molar-refractivity contribution in [2.24, 2.45) is 35.0 Å². The van der Waals surface area contributed by atoms with E-state index in [1.54, 1.807) is 0 Å². The molecule has 6 fully saturated rings. The summed E-state index contributed by atoms with van der Waals surface area (Å²) < 4.78 is 6.58. The van der Waals surface area contributed by atoms with Gasteiger partial charge in [0.05, 0.1) is 5.60 Å². The van der Waals surface area contributed by atoms with Crippen LogP contribution in [0, 0.1) is 35.0 Å². The summed E-state index contributed by atoms with van der Waals surface area (Å²) in [6.45, 7) is 2.73. The van der Waals surface area contributed by atoms with Crippen LogP contribution >= 0.6 is 0 Å². The van der Waals surface area contributed by atoms with Crippen molar-refractivity contribution < 1.29 is 9.53 Å². The molecule has 0 heterocycles. The van der Waals surface area contributed by atoms with Crippen LogP contribution in [0.1, 0.15) is 110 Å². The van der Waals surface area contributed by atoms with E-state index in [0.717, 1.165) is 42.4 Å². The maximum Gasteiger partial charge on any atom is 0.164 e. The van der Waals surface area contributed by atoms with Gasteiger partial charge in [0.15, 0.2) is 5.78 Å². The highest BCUT2D eigenvalue weighted by Gasteiger charge is 2.51. The normalized spacial score (nSPS) is 48.4. The number of Topliss-reactive ketones (excluding diaryl/α,β-unsaturated/α-hetero) is 1. The number of hydrogen-bond donors (Lipinski definition) is 0. The first-order valence-corrected chi connectivity index (χ1v) is 12.7. The van der Waals surface area contributed by atoms with Gasteiger partial charge in [0, 0.05) is 5.41 Å². The second-order valence-electron chi connectivity index (χ2n) is 12.0. The van der Waals surface area contributed by atoms with Gasteiger partial charge in [-0.2, -0.15) is 0 Å². The minimum Gasteiger partial charge on any atom is -0.367 e. The van der Waals surface area contributed by atoms with Crippen LogP contribution in [0.3, 0.4) is 0 Å². The summed E-state index contributed by atoms with van der Waals surface area (Å²) in [6.07, 6.45) is 21.2. The first-order valence-electron chi connectivity index (χ1n) is 12.7. The van der Waals surface area contributed by atoms with Crippen molar-refractivity contribution in [2.45, 2.75) is 115 Å². The van der Waals surface area contributed by atoms with E-state index in [0.29, 0.717) is 12.4 Å². The van der Waals surface area contributed by atoms with Gasteiger partial charge in [-0.15, -0.1) is 0 Å². The summed E-state index contributed by atoms with van der Waals surface area (Å²) in [5.41, 5.74) is -0.0720. The zero-order valence-electron chi connectivity index (χ0n) is 18.2. The molecule has 0 radical (unpaired) electrons. The molecule has 0 aromatic rings. The molecule has 0 aliphatic heterocycles. The molecule has 0 aromatic carbocycles. The number of hydrogen-bond acceptors (Lipinski definition) is 2. The van der Waals surface area contributed by atoms with Gasteiger partial charge >= 0.3 is 0 Å². The van der Waals surface area contributed by atoms with E-state index in [1.165, 1.54) is 89.9 Å². The van der Waals surface area contributed by atoms with Gasteiger partial charge in [0.2, 0.25) is 0 Å². The molecule has 6 rings (SSSR count). The molecule has 0 aromatic heterocycles. The topological polar surface area (TPSA) is 26.3 Å². The zero-order chi connectivity index (χ0) is 19.2. The van der Waals surface area contributed by atoms with E-state index in [9.17, 15) is 4.79 Å². The van der Waals surface area contributed by atoms with Crippen LogP contribution < -0.4 is 0 Å². The number of ether oxygens (including phenoxy) is 1. The first-order chi connectivity index (χ1) is 13.5. The van der Waals surface area contributed by atoms with E-state index in [2.05, 4.69) is 6.92 Å². The standard InChI is InChI=1S/C26H42O2/c1-25(9-4-7-19-5-2-3-6-21(11-19)15-25)28-18-24(27)26-10-8-20-12-22(16-26)14-23(13-20)17-26/h19-23H,2-18H2,1H3/t19-,20?,21-,22?,23?,25-,26?/m1/s1. The molecular weight excluding hydrogens is 344 g/mol. The Bertz CT molecular complexity index is 569. The second-order valence-corrected chi connectivity index (χ2v) is 12.0. The Morgan fingerprint density at radius 2 is 1.39 bits per heavy atom. The largest absolute Gasteiger partial charge is 0.367 e. The molecule has 2 nitrogen and oxygen atoms in total. The van der Waals surface area contributed by atoms with Gasteiger partial charge in [0.25, 0.3) is 0 Å². The lowest BCUT2D eigenvalue weighted by atomic mass is 9.60. The minimum absolute atomic E-state index is 0.00970. The van der Waals surface area contributed by atoms with E-state index >= 15 is 0 Å². The molecule has 6 saturated carbocycles. The van der Waals surface area contributed by atoms with Gasteiger partial charge in [0.1, 0.15) is 6.61 Å². The van der Waals surface area contributed by atoms with Crippen LogP contribution in [0.5, 0.6) is 0 Å². The van der Waals surface area contributed by atoms with E-state index in [4.69, 9.17) is 4.74 Å². The summed E-state index contributed by atoms with van der Waals surface area (Å²) in [5, 5.41) is 0. The van der Waals surface area contributed by atoms with Crippen LogP contribution in [0.15, 0.2) is 0 Å². The summed E-state index contributed by atoms with van der Waals surface area (Å²) in [7, 11) is 0. The predicted molar refractivity (Wildman–Crippen MR) is 113 cm³/mol. The van der Waals surface area contributed by atoms with E-state index in [1.807, 2.05) is 0 Å². The van der Waals surface area contributed by atoms with Crippen molar-refractivity contribution >= 4 is 5.78 Å². The number of fused-ring (bicyclic) bond motifs is 3. The monoisotopic (exact) mass is 386 g/mol. The first kappa shape index (κ1) is 19.6. The summed E-state index contributed by atoms with van der Waals surface area (Å²) in [4.78, 5) is 13.5. The fraction of sp³-hybridized carbons (Fsp3) is 0.962. The quantitative estimate of drug-likeness (QED) is 0.537. The second kappa shape index (κ2) is 7.71. The van der Waals surface area contributed by atoms with Gasteiger partial charge < -0.3 is 4.74 Å². The Labute approximate surface area is 172 Å². The molecule has 158 valence electrons. The zero-order valence-corrected chi connectivity index (χ0v) is 18.2. The molecule has 2 heteroatoms. The Kier molecular flexibility index (Phi) is 5.39. The molecule has 2 unspecified atom stereocenters. The summed E-state index contributed by atoms with van der Waals surface area (Å²) in [5.74, 6) is 4.87. The highest BCUT2D eigenvalue weighted by atomic mass is 16.5. The molecule has 0 amide bonds. The minimum atomic E-state index is -0.0623. The molecule has 6 aliphatic carbocycles. The average Bonchev–Trinajstić information content (AvgIpc) is 3.00. The molecule has 0 N–H and O–H groups in total. The Hall–Kier alpha value is -0.370. The maximum absolute atomic E-state index is 13.5. The molecule has 6 bridgehead atoms. The SMILES string of the molecule is C[C@@]1(OCC(=O)C23CCC4CC(CC(C4)C2)C3)CCC[C@H]2CCCC[C@H](C2)C1. The van der Waals surface area contributed by atoms with Crippen molar-refractivity contribution in [2.75, 3.05) is 6.61 Å². The number of carbonyl (C=O) groups excluding carboxylic acids is 1. The smallest absolute Gasteiger partial charge is 0.164 e. The van der Waals surface area contributed by atoms with Crippen LogP contribution in [0.2, 0.25) is 0 Å². The summed E-state index contributed by atoms with van der Waals surface area (Å²) >= 11 is 0. The van der Waals surface area contributed by atoms with Crippen molar-refractivity contribution in [1.29, 1.82) is 0 Å². The van der Waals surface area contributed by atoms with Crippen molar-refractivity contribution in [3.63, 3.8) is 0 Å². The molecule has 5 atom stereocenters. The van der Waals surface area contributed by atoms with Crippen LogP contribution in [-0.4, -0.2) is 18.0 Å². The third-order valence-electron chi connectivity index (χ3n) is 9.71. The Morgan fingerprint density at radius 1 is 0.750 bits per heavy atom. The maximum atomic E-state index is 13.5. The van der Waals surface area contributed by atoms with Crippen molar-refractivity contribution in [1.82, 2.24) is 0 Å². The Morgan fingerprint density at radius 3 is 2.18 bits per heavy atom. The Balaban J connectivity index is 1.24. The molecule has 28 heavy (non-hydrogen) atoms. The number of carbonyl (C=O) groups is 1. The van der Waals surface area contributed by atoms with Crippen molar-refractivity contribution in [3.8, 4) is 0 Å². The molecule has 0 saturated heterocycles. The number of ketones is 1. The lowest BCUT2D eigenvalue weighted by Crippen LogP contribution is -2.43. The third-order valence-corrected chi connectivity index (χ3v) is 9.71. The van der Waals surface area contributed by atoms with Gasteiger partial charge in [-0.05, 0) is 101 Å². The molecule has 6 aliphatic rings. The van der Waals surface area contributed by atoms with Gasteiger partial charge in [-0.25, -0.2) is 0 Å². The average molecular weight is 387 g/mol. The van der Waals surface area contributed by atoms with E-state index in [-0.39, 0.29) is 11.0 Å². The molecular formula is C26H42O2. The highest BCUT2D eigenvalue weighted by Crippen LogP contribution is 2.57. The number of rotatable bonds is 4. The van der Waals surface area contributed by atoms with E-state index < -0.39 is 0 Å².